The van der Waals surface area contributed by atoms with Gasteiger partial charge in [-0.1, -0.05) is 5.92 Å². The highest BCUT2D eigenvalue weighted by atomic mass is 16.1. The highest BCUT2D eigenvalue weighted by molar-refractivity contribution is 5.94. The van der Waals surface area contributed by atoms with E-state index in [2.05, 4.69) is 114 Å². The van der Waals surface area contributed by atoms with Crippen molar-refractivity contribution in [3.8, 4) is 94.7 Å². The maximum absolute atomic E-state index is 11.4. The van der Waals surface area contributed by atoms with Crippen LogP contribution in [0, 0.1) is 94.7 Å². The first-order chi connectivity index (χ1) is 12.7. The fraction of sp³-hybridized carbons (Fsp3) is 0.261. The average Bonchev–Trinajstić information content (AvgIpc) is 2.62. The molecule has 124 valence electrons. The lowest BCUT2D eigenvalue weighted by Gasteiger charge is -2.05. The van der Waals surface area contributed by atoms with Crippen LogP contribution in [0.1, 0.15) is 13.3 Å². The quantitative estimate of drug-likeness (QED) is 0.485. The average molecular weight is 337 g/mol. The minimum absolute atomic E-state index is 0.344. The molecule has 0 saturated carbocycles. The van der Waals surface area contributed by atoms with Crippen LogP contribution < -0.4 is 10.2 Å². The van der Waals surface area contributed by atoms with Crippen LogP contribution in [-0.2, 0) is 4.79 Å². The fourth-order valence-electron chi connectivity index (χ4n) is 1.21. The van der Waals surface area contributed by atoms with Crippen LogP contribution in [-0.4, -0.2) is 33.1 Å². The molecule has 0 saturated heterocycles. The van der Waals surface area contributed by atoms with Gasteiger partial charge < -0.3 is 10.2 Å². The van der Waals surface area contributed by atoms with Crippen molar-refractivity contribution in [1.82, 2.24) is 5.32 Å². The molecule has 0 heterocycles. The molecule has 3 nitrogen and oxygen atoms in total. The predicted octanol–water partition coefficient (Wildman–Crippen LogP) is -1.32. The number of hydrogen-bond donors (Lipinski definition) is 2. The van der Waals surface area contributed by atoms with Crippen molar-refractivity contribution in [2.75, 3.05) is 27.2 Å². The number of nitrogens with one attached hydrogen (secondary N) is 2. The van der Waals surface area contributed by atoms with Gasteiger partial charge in [-0.25, -0.2) is 0 Å². The second-order valence-corrected chi connectivity index (χ2v) is 4.69. The topological polar surface area (TPSA) is 33.5 Å². The summed E-state index contributed by atoms with van der Waals surface area (Å²) in [6.45, 7) is 3.29. The van der Waals surface area contributed by atoms with Crippen LogP contribution in [0.5, 0.6) is 0 Å². The molecule has 1 amide bonds. The van der Waals surface area contributed by atoms with E-state index in [1.165, 1.54) is 4.90 Å². The number of rotatable bonds is 4. The Bertz CT molecular complexity index is 986. The lowest BCUT2D eigenvalue weighted by molar-refractivity contribution is -0.858. The first-order valence-electron chi connectivity index (χ1n) is 7.66. The minimum Gasteiger partial charge on any atom is -0.345 e. The Balaban J connectivity index is 4.21. The van der Waals surface area contributed by atoms with E-state index in [9.17, 15) is 4.79 Å². The number of carbonyl (C=O) groups excluding carboxylic acids is 1. The smallest absolute Gasteiger partial charge is 0.296 e. The molecule has 0 spiro atoms. The number of carbonyl (C=O) groups is 1. The SMILES string of the molecule is CC#CC#CC#CC#CC#CC#CC#CC#CC(=O)NCCC[NH+](C)C. The standard InChI is InChI=1S/C23H16N2O/c1-4-5-6-7-8-9-10-11-12-13-14-15-16-17-18-20-23(26)24-21-19-22-25(2)3/h19,21-22H2,1-3H3,(H,24,26)/p+1. The summed E-state index contributed by atoms with van der Waals surface area (Å²) in [5, 5.41) is 2.69. The maximum Gasteiger partial charge on any atom is 0.296 e. The van der Waals surface area contributed by atoms with Crippen LogP contribution in [0.4, 0.5) is 0 Å². The summed E-state index contributed by atoms with van der Waals surface area (Å²) >= 11 is 0. The summed E-state index contributed by atoms with van der Waals surface area (Å²) in [6.07, 6.45) is 0.904. The molecule has 2 N–H and O–H groups in total. The van der Waals surface area contributed by atoms with Crippen LogP contribution >= 0.6 is 0 Å². The molecular weight excluding hydrogens is 320 g/mol. The molecule has 0 unspecified atom stereocenters. The van der Waals surface area contributed by atoms with Gasteiger partial charge in [0.25, 0.3) is 5.91 Å². The Hall–Kier alpha value is -4.09. The third-order valence-electron chi connectivity index (χ3n) is 2.25. The lowest BCUT2D eigenvalue weighted by Crippen LogP contribution is -3.05. The van der Waals surface area contributed by atoms with Crippen molar-refractivity contribution in [2.24, 2.45) is 0 Å². The van der Waals surface area contributed by atoms with E-state index in [-0.39, 0.29) is 5.91 Å². The minimum atomic E-state index is -0.344. The van der Waals surface area contributed by atoms with Gasteiger partial charge in [-0.2, -0.15) is 0 Å². The maximum atomic E-state index is 11.4. The van der Waals surface area contributed by atoms with Gasteiger partial charge in [0, 0.05) is 18.9 Å². The van der Waals surface area contributed by atoms with E-state index < -0.39 is 0 Å². The van der Waals surface area contributed by atoms with Crippen molar-refractivity contribution >= 4 is 5.91 Å². The fourth-order valence-corrected chi connectivity index (χ4v) is 1.21. The van der Waals surface area contributed by atoms with Gasteiger partial charge in [-0.3, -0.25) is 4.79 Å². The van der Waals surface area contributed by atoms with Crippen molar-refractivity contribution in [3.05, 3.63) is 0 Å². The molecule has 0 aromatic rings. The highest BCUT2D eigenvalue weighted by Gasteiger charge is 1.96. The van der Waals surface area contributed by atoms with Crippen molar-refractivity contribution in [3.63, 3.8) is 0 Å². The molecule has 0 radical (unpaired) electrons. The van der Waals surface area contributed by atoms with E-state index in [0.29, 0.717) is 6.54 Å². The summed E-state index contributed by atoms with van der Waals surface area (Å²) in [7, 11) is 4.12. The zero-order chi connectivity index (χ0) is 19.3. The van der Waals surface area contributed by atoms with E-state index in [4.69, 9.17) is 0 Å². The molecule has 0 aliphatic heterocycles. The summed E-state index contributed by atoms with van der Waals surface area (Å²) in [5.41, 5.74) is 0. The third-order valence-corrected chi connectivity index (χ3v) is 2.25. The van der Waals surface area contributed by atoms with Crippen LogP contribution in [0.2, 0.25) is 0 Å². The van der Waals surface area contributed by atoms with Gasteiger partial charge in [0.15, 0.2) is 0 Å². The van der Waals surface area contributed by atoms with Crippen molar-refractivity contribution < 1.29 is 9.69 Å². The zero-order valence-corrected chi connectivity index (χ0v) is 15.0. The number of quaternary nitrogens is 1. The first kappa shape index (κ1) is 21.9. The van der Waals surface area contributed by atoms with Gasteiger partial charge in [0.05, 0.1) is 20.6 Å². The number of amides is 1. The zero-order valence-electron chi connectivity index (χ0n) is 15.0. The molecule has 0 fully saturated rings. The van der Waals surface area contributed by atoms with Crippen molar-refractivity contribution in [1.29, 1.82) is 0 Å². The Labute approximate surface area is 156 Å². The normalized spacial score (nSPS) is 6.31. The number of hydrogen-bond acceptors (Lipinski definition) is 1. The molecule has 0 aromatic carbocycles. The monoisotopic (exact) mass is 337 g/mol. The molecule has 0 rings (SSSR count). The van der Waals surface area contributed by atoms with Crippen LogP contribution in [0.3, 0.4) is 0 Å². The molecular formula is C23H17N2O+. The third kappa shape index (κ3) is 18.0. The lowest BCUT2D eigenvalue weighted by atomic mass is 10.4. The molecule has 0 atom stereocenters. The summed E-state index contributed by atoms with van der Waals surface area (Å²) in [6, 6.07) is 0. The van der Waals surface area contributed by atoms with Gasteiger partial charge in [0.1, 0.15) is 0 Å². The molecule has 0 aliphatic rings. The Morgan fingerprint density at radius 2 is 1.15 bits per heavy atom. The van der Waals surface area contributed by atoms with Crippen LogP contribution in [0.15, 0.2) is 0 Å². The van der Waals surface area contributed by atoms with E-state index >= 15 is 0 Å². The largest absolute Gasteiger partial charge is 0.345 e. The molecule has 0 bridgehead atoms. The summed E-state index contributed by atoms with van der Waals surface area (Å²) in [5.74, 6) is 39.6. The van der Waals surface area contributed by atoms with Crippen LogP contribution in [0.25, 0.3) is 0 Å². The van der Waals surface area contributed by atoms with Gasteiger partial charge >= 0.3 is 0 Å². The van der Waals surface area contributed by atoms with Gasteiger partial charge in [-0.15, -0.1) is 0 Å². The van der Waals surface area contributed by atoms with Crippen molar-refractivity contribution in [2.45, 2.75) is 13.3 Å². The first-order valence-corrected chi connectivity index (χ1v) is 7.66. The van der Waals surface area contributed by atoms with Gasteiger partial charge in [-0.05, 0) is 89.8 Å². The molecule has 3 heteroatoms. The molecule has 0 aromatic heterocycles. The Morgan fingerprint density at radius 3 is 1.58 bits per heavy atom. The Morgan fingerprint density at radius 1 is 0.731 bits per heavy atom. The summed E-state index contributed by atoms with van der Waals surface area (Å²) in [4.78, 5) is 12.7. The molecule has 26 heavy (non-hydrogen) atoms. The predicted molar refractivity (Wildman–Crippen MR) is 103 cm³/mol. The second kappa shape index (κ2) is 17.3. The van der Waals surface area contributed by atoms with E-state index in [1.54, 1.807) is 6.92 Å². The van der Waals surface area contributed by atoms with E-state index in [0.717, 1.165) is 13.0 Å². The van der Waals surface area contributed by atoms with Gasteiger partial charge in [0.2, 0.25) is 0 Å². The summed E-state index contributed by atoms with van der Waals surface area (Å²) < 4.78 is 0. The Kier molecular flexibility index (Phi) is 14.6. The van der Waals surface area contributed by atoms with E-state index in [1.807, 2.05) is 0 Å². The highest BCUT2D eigenvalue weighted by Crippen LogP contribution is 1.70. The second-order valence-electron chi connectivity index (χ2n) is 4.69. The molecule has 0 aliphatic carbocycles.